The van der Waals surface area contributed by atoms with Gasteiger partial charge >= 0.3 is 0 Å². The van der Waals surface area contributed by atoms with E-state index in [2.05, 4.69) is 19.3 Å². The zero-order valence-electron chi connectivity index (χ0n) is 10.5. The van der Waals surface area contributed by atoms with Gasteiger partial charge in [-0.3, -0.25) is 0 Å². The normalized spacial score (nSPS) is 20.4. The van der Waals surface area contributed by atoms with Gasteiger partial charge in [-0.15, -0.1) is 0 Å². The molecule has 0 aliphatic heterocycles. The van der Waals surface area contributed by atoms with E-state index >= 15 is 0 Å². The van der Waals surface area contributed by atoms with Crippen molar-refractivity contribution in [2.45, 2.75) is 51.9 Å². The van der Waals surface area contributed by atoms with Crippen molar-refractivity contribution >= 4 is 0 Å². The fourth-order valence-electron chi connectivity index (χ4n) is 2.73. The first-order valence-corrected chi connectivity index (χ1v) is 6.55. The van der Waals surface area contributed by atoms with E-state index in [1.165, 1.54) is 45.1 Å². The Hall–Kier alpha value is -0.0800. The van der Waals surface area contributed by atoms with Crippen LogP contribution in [0.2, 0.25) is 0 Å². The van der Waals surface area contributed by atoms with Crippen LogP contribution in [0.25, 0.3) is 0 Å². The van der Waals surface area contributed by atoms with Crippen molar-refractivity contribution in [3.8, 4) is 0 Å². The molecule has 15 heavy (non-hydrogen) atoms. The highest BCUT2D eigenvalue weighted by Gasteiger charge is 2.30. The molecule has 0 atom stereocenters. The van der Waals surface area contributed by atoms with Crippen molar-refractivity contribution < 1.29 is 4.74 Å². The van der Waals surface area contributed by atoms with Crippen LogP contribution in [-0.4, -0.2) is 26.8 Å². The average Bonchev–Trinajstić information content (AvgIpc) is 2.26. The molecule has 0 aromatic carbocycles. The Kier molecular flexibility index (Phi) is 6.26. The molecule has 0 spiro atoms. The Morgan fingerprint density at radius 1 is 1.13 bits per heavy atom. The molecule has 0 saturated heterocycles. The lowest BCUT2D eigenvalue weighted by Gasteiger charge is -2.37. The first-order valence-electron chi connectivity index (χ1n) is 6.55. The Bertz CT molecular complexity index is 147. The predicted octanol–water partition coefficient (Wildman–Crippen LogP) is 2.97. The van der Waals surface area contributed by atoms with Gasteiger partial charge in [0, 0.05) is 19.8 Å². The number of rotatable bonds is 7. The molecule has 2 nitrogen and oxygen atoms in total. The second-order valence-electron chi connectivity index (χ2n) is 4.95. The molecule has 0 unspecified atom stereocenters. The van der Waals surface area contributed by atoms with Gasteiger partial charge in [0.1, 0.15) is 0 Å². The van der Waals surface area contributed by atoms with E-state index in [9.17, 15) is 0 Å². The van der Waals surface area contributed by atoms with Crippen molar-refractivity contribution in [3.05, 3.63) is 0 Å². The molecule has 0 aromatic heterocycles. The molecule has 0 bridgehead atoms. The molecule has 1 rings (SSSR count). The van der Waals surface area contributed by atoms with Gasteiger partial charge < -0.3 is 10.1 Å². The fourth-order valence-corrected chi connectivity index (χ4v) is 2.73. The monoisotopic (exact) mass is 213 g/mol. The van der Waals surface area contributed by atoms with Crippen molar-refractivity contribution in [2.24, 2.45) is 5.41 Å². The lowest BCUT2D eigenvalue weighted by atomic mass is 9.72. The summed E-state index contributed by atoms with van der Waals surface area (Å²) in [5.74, 6) is 0. The molecule has 1 N–H and O–H groups in total. The molecular weight excluding hydrogens is 186 g/mol. The number of nitrogens with one attached hydrogen (secondary N) is 1. The third kappa shape index (κ3) is 4.52. The van der Waals surface area contributed by atoms with E-state index in [0.717, 1.165) is 19.6 Å². The molecule has 0 amide bonds. The summed E-state index contributed by atoms with van der Waals surface area (Å²) in [4.78, 5) is 0. The molecule has 1 saturated carbocycles. The summed E-state index contributed by atoms with van der Waals surface area (Å²) in [6.07, 6.45) is 9.42. The lowest BCUT2D eigenvalue weighted by Crippen LogP contribution is -2.35. The quantitative estimate of drug-likeness (QED) is 0.656. The first kappa shape index (κ1) is 13.0. The van der Waals surface area contributed by atoms with Gasteiger partial charge in [0.05, 0.1) is 0 Å². The standard InChI is InChI=1S/C13H27NO/c1-3-10-15-11-9-13(12-14-2)7-5-4-6-8-13/h14H,3-12H2,1-2H3. The summed E-state index contributed by atoms with van der Waals surface area (Å²) in [7, 11) is 2.07. The van der Waals surface area contributed by atoms with Crippen LogP contribution in [0.1, 0.15) is 51.9 Å². The molecule has 1 fully saturated rings. The minimum atomic E-state index is 0.542. The highest BCUT2D eigenvalue weighted by atomic mass is 16.5. The Morgan fingerprint density at radius 2 is 1.87 bits per heavy atom. The lowest BCUT2D eigenvalue weighted by molar-refractivity contribution is 0.0743. The van der Waals surface area contributed by atoms with E-state index in [1.807, 2.05) is 0 Å². The average molecular weight is 213 g/mol. The summed E-state index contributed by atoms with van der Waals surface area (Å²) in [5.41, 5.74) is 0.542. The van der Waals surface area contributed by atoms with Crippen LogP contribution in [0.4, 0.5) is 0 Å². The summed E-state index contributed by atoms with van der Waals surface area (Å²) >= 11 is 0. The minimum absolute atomic E-state index is 0.542. The zero-order valence-corrected chi connectivity index (χ0v) is 10.5. The van der Waals surface area contributed by atoms with E-state index in [4.69, 9.17) is 4.74 Å². The number of hydrogen-bond acceptors (Lipinski definition) is 2. The van der Waals surface area contributed by atoms with Gasteiger partial charge in [0.2, 0.25) is 0 Å². The van der Waals surface area contributed by atoms with Crippen LogP contribution in [0, 0.1) is 5.41 Å². The molecule has 1 aliphatic carbocycles. The maximum atomic E-state index is 5.63. The van der Waals surface area contributed by atoms with Crippen molar-refractivity contribution in [1.82, 2.24) is 5.32 Å². The molecule has 0 heterocycles. The van der Waals surface area contributed by atoms with Gasteiger partial charge in [0.25, 0.3) is 0 Å². The molecule has 1 aliphatic rings. The summed E-state index contributed by atoms with van der Waals surface area (Å²) in [5, 5.41) is 3.36. The molecular formula is C13H27NO. The van der Waals surface area contributed by atoms with Crippen LogP contribution in [0.5, 0.6) is 0 Å². The van der Waals surface area contributed by atoms with Crippen molar-refractivity contribution in [2.75, 3.05) is 26.8 Å². The largest absolute Gasteiger partial charge is 0.381 e. The van der Waals surface area contributed by atoms with Crippen molar-refractivity contribution in [1.29, 1.82) is 0 Å². The molecule has 2 heteroatoms. The summed E-state index contributed by atoms with van der Waals surface area (Å²) < 4.78 is 5.63. The van der Waals surface area contributed by atoms with Gasteiger partial charge in [-0.1, -0.05) is 26.2 Å². The fraction of sp³-hybridized carbons (Fsp3) is 1.00. The highest BCUT2D eigenvalue weighted by Crippen LogP contribution is 2.38. The van der Waals surface area contributed by atoms with E-state index in [-0.39, 0.29) is 0 Å². The maximum absolute atomic E-state index is 5.63. The third-order valence-corrected chi connectivity index (χ3v) is 3.59. The predicted molar refractivity (Wildman–Crippen MR) is 65.2 cm³/mol. The third-order valence-electron chi connectivity index (χ3n) is 3.59. The van der Waals surface area contributed by atoms with Crippen LogP contribution in [-0.2, 0) is 4.74 Å². The van der Waals surface area contributed by atoms with E-state index in [0.29, 0.717) is 5.41 Å². The Balaban J connectivity index is 2.28. The van der Waals surface area contributed by atoms with Crippen molar-refractivity contribution in [3.63, 3.8) is 0 Å². The highest BCUT2D eigenvalue weighted by molar-refractivity contribution is 4.84. The zero-order chi connectivity index (χ0) is 11.0. The van der Waals surface area contributed by atoms with E-state index in [1.54, 1.807) is 0 Å². The topological polar surface area (TPSA) is 21.3 Å². The number of hydrogen-bond donors (Lipinski definition) is 1. The van der Waals surface area contributed by atoms with Crippen LogP contribution >= 0.6 is 0 Å². The van der Waals surface area contributed by atoms with Crippen LogP contribution in [0.3, 0.4) is 0 Å². The van der Waals surface area contributed by atoms with Gasteiger partial charge in [-0.25, -0.2) is 0 Å². The van der Waals surface area contributed by atoms with Gasteiger partial charge in [0.15, 0.2) is 0 Å². The summed E-state index contributed by atoms with van der Waals surface area (Å²) in [6.45, 7) is 5.22. The molecule has 90 valence electrons. The first-order chi connectivity index (χ1) is 7.33. The number of ether oxygens (including phenoxy) is 1. The second-order valence-corrected chi connectivity index (χ2v) is 4.95. The Labute approximate surface area is 94.8 Å². The maximum Gasteiger partial charge on any atom is 0.0471 e. The minimum Gasteiger partial charge on any atom is -0.381 e. The Morgan fingerprint density at radius 3 is 2.47 bits per heavy atom. The summed E-state index contributed by atoms with van der Waals surface area (Å²) in [6, 6.07) is 0. The van der Waals surface area contributed by atoms with Crippen LogP contribution in [0.15, 0.2) is 0 Å². The van der Waals surface area contributed by atoms with Gasteiger partial charge in [-0.2, -0.15) is 0 Å². The SMILES string of the molecule is CCCOCCC1(CNC)CCCCC1. The second kappa shape index (κ2) is 7.24. The van der Waals surface area contributed by atoms with Crippen LogP contribution < -0.4 is 5.32 Å². The van der Waals surface area contributed by atoms with E-state index < -0.39 is 0 Å². The molecule has 0 aromatic rings. The molecule has 0 radical (unpaired) electrons. The smallest absolute Gasteiger partial charge is 0.0471 e. The van der Waals surface area contributed by atoms with Gasteiger partial charge in [-0.05, 0) is 38.1 Å².